The molecule has 4 amide bonds. The van der Waals surface area contributed by atoms with Gasteiger partial charge in [0.1, 0.15) is 18.1 Å². The predicted octanol–water partition coefficient (Wildman–Crippen LogP) is -2.10. The first-order valence-electron chi connectivity index (χ1n) is 10.1. The third-order valence-electron chi connectivity index (χ3n) is 4.84. The van der Waals surface area contributed by atoms with Crippen molar-refractivity contribution in [3.8, 4) is 0 Å². The SMILES string of the molecule is CCC(C)C(N)C(=O)NC(C(=O)NC(CC(=O)O)C(=O)NC(CC(N)=O)C(=O)O)C(C)C. The number of carbonyl (C=O) groups is 6. The van der Waals surface area contributed by atoms with Crippen LogP contribution in [0.1, 0.15) is 47.0 Å². The Morgan fingerprint density at radius 2 is 1.34 bits per heavy atom. The summed E-state index contributed by atoms with van der Waals surface area (Å²) in [6, 6.07) is -5.39. The van der Waals surface area contributed by atoms with E-state index in [0.717, 1.165) is 0 Å². The Bertz CT molecular complexity index is 727. The van der Waals surface area contributed by atoms with Gasteiger partial charge in [0.05, 0.1) is 18.9 Å². The zero-order valence-electron chi connectivity index (χ0n) is 18.6. The molecule has 0 saturated heterocycles. The number of nitrogens with one attached hydrogen (secondary N) is 3. The molecular weight excluding hydrogens is 426 g/mol. The molecule has 0 fully saturated rings. The molecule has 0 aromatic rings. The van der Waals surface area contributed by atoms with E-state index >= 15 is 0 Å². The van der Waals surface area contributed by atoms with Crippen LogP contribution in [-0.4, -0.2) is 69.9 Å². The van der Waals surface area contributed by atoms with Crippen molar-refractivity contribution >= 4 is 35.6 Å². The second-order valence-corrected chi connectivity index (χ2v) is 7.87. The highest BCUT2D eigenvalue weighted by Crippen LogP contribution is 2.09. The van der Waals surface area contributed by atoms with E-state index in [4.69, 9.17) is 21.7 Å². The normalized spacial score (nSPS) is 15.6. The minimum atomic E-state index is -1.71. The molecule has 0 aliphatic heterocycles. The second-order valence-electron chi connectivity index (χ2n) is 7.87. The molecule has 0 spiro atoms. The fourth-order valence-electron chi connectivity index (χ4n) is 2.62. The van der Waals surface area contributed by atoms with Crippen LogP contribution in [0.5, 0.6) is 0 Å². The minimum absolute atomic E-state index is 0.158. The Morgan fingerprint density at radius 1 is 0.812 bits per heavy atom. The van der Waals surface area contributed by atoms with E-state index in [1.54, 1.807) is 20.8 Å². The molecule has 13 heteroatoms. The summed E-state index contributed by atoms with van der Waals surface area (Å²) in [5, 5.41) is 24.9. The number of hydrogen-bond acceptors (Lipinski definition) is 7. The van der Waals surface area contributed by atoms with Crippen LogP contribution in [-0.2, 0) is 28.8 Å². The topological polar surface area (TPSA) is 231 Å². The lowest BCUT2D eigenvalue weighted by molar-refractivity contribution is -0.145. The van der Waals surface area contributed by atoms with Gasteiger partial charge in [-0.2, -0.15) is 0 Å². The van der Waals surface area contributed by atoms with Crippen molar-refractivity contribution in [1.82, 2.24) is 16.0 Å². The van der Waals surface area contributed by atoms with E-state index in [0.29, 0.717) is 6.42 Å². The number of carbonyl (C=O) groups excluding carboxylic acids is 4. The first kappa shape index (κ1) is 28.8. The van der Waals surface area contributed by atoms with Crippen LogP contribution in [0.4, 0.5) is 0 Å². The zero-order valence-corrected chi connectivity index (χ0v) is 18.6. The van der Waals surface area contributed by atoms with Gasteiger partial charge in [-0.15, -0.1) is 0 Å². The van der Waals surface area contributed by atoms with Crippen molar-refractivity contribution in [2.24, 2.45) is 23.3 Å². The molecule has 5 atom stereocenters. The van der Waals surface area contributed by atoms with Crippen LogP contribution in [0.3, 0.4) is 0 Å². The first-order chi connectivity index (χ1) is 14.7. The summed E-state index contributed by atoms with van der Waals surface area (Å²) in [5.74, 6) is -7.20. The number of carboxylic acids is 2. The molecule has 9 N–H and O–H groups in total. The van der Waals surface area contributed by atoms with Crippen molar-refractivity contribution in [2.45, 2.75) is 71.1 Å². The first-order valence-corrected chi connectivity index (χ1v) is 10.1. The molecule has 182 valence electrons. The van der Waals surface area contributed by atoms with E-state index in [2.05, 4.69) is 10.6 Å². The van der Waals surface area contributed by atoms with Gasteiger partial charge in [0.15, 0.2) is 0 Å². The number of amides is 4. The third kappa shape index (κ3) is 9.73. The quantitative estimate of drug-likeness (QED) is 0.151. The van der Waals surface area contributed by atoms with Crippen LogP contribution in [0.2, 0.25) is 0 Å². The van der Waals surface area contributed by atoms with E-state index < -0.39 is 78.5 Å². The number of rotatable bonds is 14. The van der Waals surface area contributed by atoms with Crippen molar-refractivity contribution in [1.29, 1.82) is 0 Å². The maximum atomic E-state index is 12.7. The largest absolute Gasteiger partial charge is 0.481 e. The van der Waals surface area contributed by atoms with Crippen LogP contribution in [0.15, 0.2) is 0 Å². The maximum absolute atomic E-state index is 12.7. The molecule has 0 aromatic heterocycles. The van der Waals surface area contributed by atoms with E-state index in [1.165, 1.54) is 0 Å². The monoisotopic (exact) mass is 459 g/mol. The minimum Gasteiger partial charge on any atom is -0.481 e. The summed E-state index contributed by atoms with van der Waals surface area (Å²) in [7, 11) is 0. The molecule has 0 bridgehead atoms. The van der Waals surface area contributed by atoms with E-state index in [-0.39, 0.29) is 5.92 Å². The predicted molar refractivity (Wildman–Crippen MR) is 112 cm³/mol. The summed E-state index contributed by atoms with van der Waals surface area (Å²) >= 11 is 0. The van der Waals surface area contributed by atoms with E-state index in [1.807, 2.05) is 12.2 Å². The molecule has 32 heavy (non-hydrogen) atoms. The Hall–Kier alpha value is -3.22. The fraction of sp³-hybridized carbons (Fsp3) is 0.684. The van der Waals surface area contributed by atoms with Crippen molar-refractivity contribution < 1.29 is 39.0 Å². The Labute approximate surface area is 185 Å². The van der Waals surface area contributed by atoms with Gasteiger partial charge < -0.3 is 37.6 Å². The lowest BCUT2D eigenvalue weighted by Crippen LogP contribution is -2.59. The van der Waals surface area contributed by atoms with E-state index in [9.17, 15) is 28.8 Å². The van der Waals surface area contributed by atoms with Crippen molar-refractivity contribution in [3.63, 3.8) is 0 Å². The number of carboxylic acid groups (broad SMARTS) is 2. The van der Waals surface area contributed by atoms with Crippen molar-refractivity contribution in [3.05, 3.63) is 0 Å². The van der Waals surface area contributed by atoms with Gasteiger partial charge in [-0.3, -0.25) is 24.0 Å². The molecule has 13 nitrogen and oxygen atoms in total. The van der Waals surface area contributed by atoms with Gasteiger partial charge in [-0.25, -0.2) is 4.79 Å². The van der Waals surface area contributed by atoms with Gasteiger partial charge in [-0.1, -0.05) is 34.1 Å². The molecule has 0 rings (SSSR count). The average Bonchev–Trinajstić information content (AvgIpc) is 2.68. The zero-order chi connectivity index (χ0) is 25.2. The molecule has 0 saturated carbocycles. The highest BCUT2D eigenvalue weighted by molar-refractivity contribution is 5.96. The van der Waals surface area contributed by atoms with Crippen LogP contribution in [0.25, 0.3) is 0 Å². The molecule has 0 aliphatic carbocycles. The fourth-order valence-corrected chi connectivity index (χ4v) is 2.62. The Morgan fingerprint density at radius 3 is 1.75 bits per heavy atom. The van der Waals surface area contributed by atoms with Gasteiger partial charge >= 0.3 is 11.9 Å². The number of primary amides is 1. The number of hydrogen-bond donors (Lipinski definition) is 7. The standard InChI is InChI=1S/C19H33N5O8/c1-5-9(4)14(21)17(29)24-15(8(2)3)18(30)22-10(7-13(26)27)16(28)23-11(19(31)32)6-12(20)25/h8-11,14-15H,5-7,21H2,1-4H3,(H2,20,25)(H,22,30)(H,23,28)(H,24,29)(H,26,27)(H,31,32). The molecule has 0 aromatic carbocycles. The highest BCUT2D eigenvalue weighted by Gasteiger charge is 2.33. The highest BCUT2D eigenvalue weighted by atomic mass is 16.4. The number of aliphatic carboxylic acids is 2. The summed E-state index contributed by atoms with van der Waals surface area (Å²) in [6.07, 6.45) is -0.970. The average molecular weight is 460 g/mol. The Balaban J connectivity index is 5.51. The summed E-state index contributed by atoms with van der Waals surface area (Å²) in [6.45, 7) is 6.87. The smallest absolute Gasteiger partial charge is 0.326 e. The molecule has 0 aliphatic rings. The van der Waals surface area contributed by atoms with Crippen LogP contribution >= 0.6 is 0 Å². The second kappa shape index (κ2) is 13.2. The maximum Gasteiger partial charge on any atom is 0.326 e. The summed E-state index contributed by atoms with van der Waals surface area (Å²) in [4.78, 5) is 71.0. The van der Waals surface area contributed by atoms with Crippen LogP contribution in [0, 0.1) is 11.8 Å². The molecular formula is C19H33N5O8. The number of nitrogens with two attached hydrogens (primary N) is 2. The summed E-state index contributed by atoms with van der Waals surface area (Å²) < 4.78 is 0. The molecule has 0 heterocycles. The van der Waals surface area contributed by atoms with Gasteiger partial charge in [0.2, 0.25) is 23.6 Å². The Kier molecular flexibility index (Phi) is 11.9. The van der Waals surface area contributed by atoms with Gasteiger partial charge in [-0.05, 0) is 11.8 Å². The lowest BCUT2D eigenvalue weighted by atomic mass is 9.97. The lowest BCUT2D eigenvalue weighted by Gasteiger charge is -2.27. The third-order valence-corrected chi connectivity index (χ3v) is 4.84. The molecule has 0 radical (unpaired) electrons. The van der Waals surface area contributed by atoms with Gasteiger partial charge in [0.25, 0.3) is 0 Å². The van der Waals surface area contributed by atoms with Gasteiger partial charge in [0, 0.05) is 0 Å². The summed E-state index contributed by atoms with van der Waals surface area (Å²) in [5.41, 5.74) is 10.8. The molecule has 5 unspecified atom stereocenters. The van der Waals surface area contributed by atoms with Crippen molar-refractivity contribution in [2.75, 3.05) is 0 Å². The van der Waals surface area contributed by atoms with Crippen LogP contribution < -0.4 is 27.4 Å².